The number of aryl methyl sites for hydroxylation is 2. The van der Waals surface area contributed by atoms with Gasteiger partial charge in [-0.1, -0.05) is 12.1 Å². The van der Waals surface area contributed by atoms with Crippen LogP contribution in [0.5, 0.6) is 0 Å². The van der Waals surface area contributed by atoms with Gasteiger partial charge in [-0.05, 0) is 43.9 Å². The summed E-state index contributed by atoms with van der Waals surface area (Å²) in [5.74, 6) is 0.0604. The molecule has 0 aliphatic carbocycles. The van der Waals surface area contributed by atoms with Gasteiger partial charge in [-0.15, -0.1) is 0 Å². The predicted molar refractivity (Wildman–Crippen MR) is 78.2 cm³/mol. The van der Waals surface area contributed by atoms with Gasteiger partial charge in [0.05, 0.1) is 6.54 Å². The highest BCUT2D eigenvalue weighted by Gasteiger charge is 2.21. The molecule has 1 aromatic carbocycles. The summed E-state index contributed by atoms with van der Waals surface area (Å²) in [4.78, 5) is 13.4. The van der Waals surface area contributed by atoms with Crippen molar-refractivity contribution in [2.24, 2.45) is 5.73 Å². The number of nitrogens with two attached hydrogens (primary N) is 1. The fourth-order valence-electron chi connectivity index (χ4n) is 2.51. The highest BCUT2D eigenvalue weighted by molar-refractivity contribution is 5.78. The maximum Gasteiger partial charge on any atom is 0.236 e. The Kier molecular flexibility index (Phi) is 4.43. The number of benzene rings is 1. The number of anilines is 1. The number of nitrogens with zero attached hydrogens (tertiary/aromatic N) is 1. The van der Waals surface area contributed by atoms with Crippen molar-refractivity contribution in [2.75, 3.05) is 25.0 Å². The Morgan fingerprint density at radius 1 is 1.37 bits per heavy atom. The second kappa shape index (κ2) is 6.06. The third-order valence-electron chi connectivity index (χ3n) is 3.77. The van der Waals surface area contributed by atoms with Crippen molar-refractivity contribution in [1.29, 1.82) is 0 Å². The van der Waals surface area contributed by atoms with Gasteiger partial charge < -0.3 is 16.0 Å². The standard InChI is InChI=1S/C15H23N3O/c1-11-3-4-12(2)14(9-11)17-13-5-7-18(8-6-13)15(19)10-16/h3-4,9,13,17H,5-8,10,16H2,1-2H3. The SMILES string of the molecule is Cc1ccc(C)c(NC2CCN(C(=O)CN)CC2)c1. The molecule has 0 saturated carbocycles. The zero-order chi connectivity index (χ0) is 13.8. The van der Waals surface area contributed by atoms with Crippen molar-refractivity contribution in [3.8, 4) is 0 Å². The molecule has 104 valence electrons. The zero-order valence-electron chi connectivity index (χ0n) is 11.8. The second-order valence-electron chi connectivity index (χ2n) is 5.32. The first-order chi connectivity index (χ1) is 9.10. The van der Waals surface area contributed by atoms with Gasteiger partial charge in [-0.3, -0.25) is 4.79 Å². The van der Waals surface area contributed by atoms with Crippen LogP contribution in [0.25, 0.3) is 0 Å². The molecule has 0 bridgehead atoms. The largest absolute Gasteiger partial charge is 0.382 e. The van der Waals surface area contributed by atoms with E-state index in [1.165, 1.54) is 16.8 Å². The molecule has 3 N–H and O–H groups in total. The van der Waals surface area contributed by atoms with E-state index in [4.69, 9.17) is 5.73 Å². The minimum absolute atomic E-state index is 0.0604. The number of hydrogen-bond donors (Lipinski definition) is 2. The Morgan fingerprint density at radius 3 is 2.68 bits per heavy atom. The topological polar surface area (TPSA) is 58.4 Å². The van der Waals surface area contributed by atoms with Crippen LogP contribution < -0.4 is 11.1 Å². The average molecular weight is 261 g/mol. The lowest BCUT2D eigenvalue weighted by Crippen LogP contribution is -2.44. The van der Waals surface area contributed by atoms with Crippen LogP contribution in [-0.4, -0.2) is 36.5 Å². The van der Waals surface area contributed by atoms with Crippen molar-refractivity contribution in [3.05, 3.63) is 29.3 Å². The number of rotatable bonds is 3. The lowest BCUT2D eigenvalue weighted by molar-refractivity contribution is -0.130. The number of carbonyl (C=O) groups excluding carboxylic acids is 1. The van der Waals surface area contributed by atoms with E-state index in [1.54, 1.807) is 0 Å². The molecule has 2 rings (SSSR count). The van der Waals surface area contributed by atoms with E-state index >= 15 is 0 Å². The van der Waals surface area contributed by atoms with E-state index in [1.807, 2.05) is 4.90 Å². The maximum absolute atomic E-state index is 11.5. The van der Waals surface area contributed by atoms with Crippen molar-refractivity contribution < 1.29 is 4.79 Å². The third-order valence-corrected chi connectivity index (χ3v) is 3.77. The first-order valence-corrected chi connectivity index (χ1v) is 6.92. The highest BCUT2D eigenvalue weighted by Crippen LogP contribution is 2.21. The number of nitrogens with one attached hydrogen (secondary N) is 1. The van der Waals surface area contributed by atoms with Gasteiger partial charge >= 0.3 is 0 Å². The number of likely N-dealkylation sites (tertiary alicyclic amines) is 1. The van der Waals surface area contributed by atoms with Crippen molar-refractivity contribution in [1.82, 2.24) is 4.90 Å². The van der Waals surface area contributed by atoms with Gasteiger partial charge in [-0.2, -0.15) is 0 Å². The molecule has 1 aliphatic heterocycles. The molecule has 0 spiro atoms. The first-order valence-electron chi connectivity index (χ1n) is 6.92. The summed E-state index contributed by atoms with van der Waals surface area (Å²) >= 11 is 0. The van der Waals surface area contributed by atoms with Crippen molar-refractivity contribution in [2.45, 2.75) is 32.7 Å². The molecule has 1 fully saturated rings. The molecule has 1 saturated heterocycles. The summed E-state index contributed by atoms with van der Waals surface area (Å²) in [5.41, 5.74) is 9.14. The maximum atomic E-state index is 11.5. The molecule has 1 aromatic rings. The number of carbonyl (C=O) groups is 1. The smallest absolute Gasteiger partial charge is 0.236 e. The average Bonchev–Trinajstić information content (AvgIpc) is 2.43. The summed E-state index contributed by atoms with van der Waals surface area (Å²) in [6.45, 7) is 5.95. The van der Waals surface area contributed by atoms with Crippen LogP contribution in [-0.2, 0) is 4.79 Å². The zero-order valence-corrected chi connectivity index (χ0v) is 11.8. The number of amides is 1. The van der Waals surface area contributed by atoms with E-state index in [9.17, 15) is 4.79 Å². The van der Waals surface area contributed by atoms with E-state index < -0.39 is 0 Å². The molecular weight excluding hydrogens is 238 g/mol. The predicted octanol–water partition coefficient (Wildman–Crippen LogP) is 1.67. The van der Waals surface area contributed by atoms with Crippen LogP contribution >= 0.6 is 0 Å². The lowest BCUT2D eigenvalue weighted by Gasteiger charge is -2.33. The molecule has 0 unspecified atom stereocenters. The first kappa shape index (κ1) is 13.9. The Morgan fingerprint density at radius 2 is 2.05 bits per heavy atom. The van der Waals surface area contributed by atoms with Gasteiger partial charge in [-0.25, -0.2) is 0 Å². The summed E-state index contributed by atoms with van der Waals surface area (Å²) in [5, 5.41) is 3.60. The Bertz CT molecular complexity index is 451. The van der Waals surface area contributed by atoms with Crippen LogP contribution in [0.3, 0.4) is 0 Å². The fourth-order valence-corrected chi connectivity index (χ4v) is 2.51. The molecule has 1 amide bonds. The molecule has 1 aliphatic rings. The van der Waals surface area contributed by atoms with Crippen LogP contribution in [0.1, 0.15) is 24.0 Å². The van der Waals surface area contributed by atoms with Gasteiger partial charge in [0.15, 0.2) is 0 Å². The van der Waals surface area contributed by atoms with E-state index in [0.29, 0.717) is 6.04 Å². The number of hydrogen-bond acceptors (Lipinski definition) is 3. The van der Waals surface area contributed by atoms with Crippen LogP contribution in [0, 0.1) is 13.8 Å². The molecule has 0 radical (unpaired) electrons. The van der Waals surface area contributed by atoms with E-state index in [-0.39, 0.29) is 12.5 Å². The quantitative estimate of drug-likeness (QED) is 0.870. The van der Waals surface area contributed by atoms with Gasteiger partial charge in [0.1, 0.15) is 0 Å². The molecule has 4 heteroatoms. The molecule has 4 nitrogen and oxygen atoms in total. The van der Waals surface area contributed by atoms with Gasteiger partial charge in [0.2, 0.25) is 5.91 Å². The minimum Gasteiger partial charge on any atom is -0.382 e. The fraction of sp³-hybridized carbons (Fsp3) is 0.533. The molecule has 1 heterocycles. The third kappa shape index (κ3) is 3.47. The molecule has 0 atom stereocenters. The Hall–Kier alpha value is -1.55. The van der Waals surface area contributed by atoms with E-state index in [0.717, 1.165) is 25.9 Å². The highest BCUT2D eigenvalue weighted by atomic mass is 16.2. The molecule has 19 heavy (non-hydrogen) atoms. The lowest BCUT2D eigenvalue weighted by atomic mass is 10.0. The Labute approximate surface area is 115 Å². The summed E-state index contributed by atoms with van der Waals surface area (Å²) in [6, 6.07) is 6.91. The van der Waals surface area contributed by atoms with Crippen molar-refractivity contribution in [3.63, 3.8) is 0 Å². The van der Waals surface area contributed by atoms with Crippen LogP contribution in [0.15, 0.2) is 18.2 Å². The summed E-state index contributed by atoms with van der Waals surface area (Å²) in [7, 11) is 0. The van der Waals surface area contributed by atoms with Gasteiger partial charge in [0.25, 0.3) is 0 Å². The van der Waals surface area contributed by atoms with E-state index in [2.05, 4.69) is 37.4 Å². The molecular formula is C15H23N3O. The molecule has 0 aromatic heterocycles. The Balaban J connectivity index is 1.92. The van der Waals surface area contributed by atoms with Crippen LogP contribution in [0.4, 0.5) is 5.69 Å². The monoisotopic (exact) mass is 261 g/mol. The summed E-state index contributed by atoms with van der Waals surface area (Å²) in [6.07, 6.45) is 1.97. The number of piperidine rings is 1. The van der Waals surface area contributed by atoms with Crippen LogP contribution in [0.2, 0.25) is 0 Å². The minimum atomic E-state index is 0.0604. The second-order valence-corrected chi connectivity index (χ2v) is 5.32. The normalized spacial score (nSPS) is 16.5. The van der Waals surface area contributed by atoms with Gasteiger partial charge in [0, 0.05) is 24.8 Å². The summed E-state index contributed by atoms with van der Waals surface area (Å²) < 4.78 is 0. The van der Waals surface area contributed by atoms with Crippen molar-refractivity contribution >= 4 is 11.6 Å².